The Bertz CT molecular complexity index is 2290. The fourth-order valence-electron chi connectivity index (χ4n) is 7.35. The lowest BCUT2D eigenvalue weighted by molar-refractivity contribution is 0.0827. The summed E-state index contributed by atoms with van der Waals surface area (Å²) in [7, 11) is 9.25. The van der Waals surface area contributed by atoms with Crippen LogP contribution in [-0.4, -0.2) is 66.1 Å². The van der Waals surface area contributed by atoms with Crippen molar-refractivity contribution >= 4 is 28.6 Å². The molecule has 2 atom stereocenters. The highest BCUT2D eigenvalue weighted by atomic mass is 16.5. The number of allylic oxidation sites excluding steroid dienone is 7. The van der Waals surface area contributed by atoms with Gasteiger partial charge in [-0.2, -0.15) is 5.10 Å². The molecule has 2 aliphatic rings. The van der Waals surface area contributed by atoms with Crippen molar-refractivity contribution in [3.05, 3.63) is 107 Å². The van der Waals surface area contributed by atoms with Crippen LogP contribution in [0.3, 0.4) is 0 Å². The largest absolute Gasteiger partial charge is 0.480 e. The molecule has 1 fully saturated rings. The van der Waals surface area contributed by atoms with E-state index in [0.717, 1.165) is 64.3 Å². The maximum atomic E-state index is 12.4. The SMILES string of the molecule is CC.CCC(C)C1C=CC=C(c2nc(-c3cc4cn(C)nc4nc3C(C)C)n(C)c2C2CC2)/C1=C/C=C/c1cn(-c2ccc(C(=O)N(C)C)cc2)nc1OC. The van der Waals surface area contributed by atoms with Gasteiger partial charge in [0.2, 0.25) is 5.88 Å². The maximum absolute atomic E-state index is 12.4. The molecule has 1 saturated carbocycles. The molecule has 0 radical (unpaired) electrons. The molecule has 7 rings (SSSR count). The van der Waals surface area contributed by atoms with Crippen LogP contribution in [-0.2, 0) is 14.1 Å². The zero-order valence-corrected chi connectivity index (χ0v) is 34.3. The highest BCUT2D eigenvalue weighted by molar-refractivity contribution is 5.94. The number of amides is 1. The number of hydrogen-bond acceptors (Lipinski definition) is 6. The Morgan fingerprint density at radius 2 is 1.76 bits per heavy atom. The first-order valence-electron chi connectivity index (χ1n) is 19.6. The molecule has 2 unspecified atom stereocenters. The van der Waals surface area contributed by atoms with Crippen molar-refractivity contribution in [2.24, 2.45) is 25.9 Å². The zero-order valence-electron chi connectivity index (χ0n) is 34.3. The van der Waals surface area contributed by atoms with Gasteiger partial charge in [0.1, 0.15) is 5.82 Å². The van der Waals surface area contributed by atoms with Gasteiger partial charge in [0.15, 0.2) is 5.65 Å². The number of carbonyl (C=O) groups excluding carboxylic acids is 1. The standard InChI is InChI=1S/C43H50N8O2.C2H6/c1-10-27(4)33-14-12-16-35(34(33)15-11-13-30-25-51(47-42(30)53-9)32-21-19-29(20-22-32)43(52)48(5)6)38-39(28-17-18-28)50(8)41(45-38)36-23-31-24-49(7)46-40(31)44-37(36)26(2)3;1-2/h11-16,19-28,33H,10,17-18H2,1-9H3;1-2H3/b13-11+,34-15+;. The molecule has 0 saturated heterocycles. The highest BCUT2D eigenvalue weighted by Gasteiger charge is 2.35. The van der Waals surface area contributed by atoms with Crippen LogP contribution in [0.25, 0.3) is 39.8 Å². The van der Waals surface area contributed by atoms with Crippen LogP contribution in [0.4, 0.5) is 0 Å². The van der Waals surface area contributed by atoms with Crippen molar-refractivity contribution in [1.29, 1.82) is 0 Å². The van der Waals surface area contributed by atoms with E-state index in [9.17, 15) is 4.79 Å². The fourth-order valence-corrected chi connectivity index (χ4v) is 7.35. The van der Waals surface area contributed by atoms with Crippen molar-refractivity contribution in [3.63, 3.8) is 0 Å². The summed E-state index contributed by atoms with van der Waals surface area (Å²) in [5.74, 6) is 2.79. The molecule has 4 aromatic heterocycles. The van der Waals surface area contributed by atoms with Crippen molar-refractivity contribution in [2.45, 2.75) is 72.6 Å². The predicted octanol–water partition coefficient (Wildman–Crippen LogP) is 9.55. The van der Waals surface area contributed by atoms with Crippen molar-refractivity contribution in [3.8, 4) is 23.0 Å². The number of ether oxygens (including phenoxy) is 1. The first-order chi connectivity index (χ1) is 26.5. The third kappa shape index (κ3) is 7.86. The van der Waals surface area contributed by atoms with Gasteiger partial charge in [0.05, 0.1) is 29.7 Å². The Morgan fingerprint density at radius 3 is 2.40 bits per heavy atom. The number of nitrogens with zero attached hydrogens (tertiary/aromatic N) is 8. The third-order valence-corrected chi connectivity index (χ3v) is 10.5. The molecule has 288 valence electrons. The Kier molecular flexibility index (Phi) is 11.7. The number of rotatable bonds is 11. The third-order valence-electron chi connectivity index (χ3n) is 10.5. The van der Waals surface area contributed by atoms with Crippen molar-refractivity contribution in [2.75, 3.05) is 21.2 Å². The second-order valence-corrected chi connectivity index (χ2v) is 14.9. The number of pyridine rings is 1. The average molecular weight is 741 g/mol. The Labute approximate surface area is 325 Å². The Morgan fingerprint density at radius 1 is 1.04 bits per heavy atom. The molecule has 1 amide bonds. The molecular weight excluding hydrogens is 685 g/mol. The van der Waals surface area contributed by atoms with E-state index in [1.807, 2.05) is 62.2 Å². The van der Waals surface area contributed by atoms with Gasteiger partial charge < -0.3 is 14.2 Å². The van der Waals surface area contributed by atoms with Gasteiger partial charge in [0, 0.05) is 80.2 Å². The molecule has 2 aliphatic carbocycles. The maximum Gasteiger partial charge on any atom is 0.253 e. The Hall–Kier alpha value is -5.51. The number of fused-ring (bicyclic) bond motifs is 1. The minimum absolute atomic E-state index is 0.0392. The molecule has 10 nitrogen and oxygen atoms in total. The van der Waals surface area contributed by atoms with E-state index in [2.05, 4.69) is 86.9 Å². The summed E-state index contributed by atoms with van der Waals surface area (Å²) in [5, 5.41) is 10.3. The lowest BCUT2D eigenvalue weighted by Gasteiger charge is -2.27. The molecule has 5 aromatic rings. The van der Waals surface area contributed by atoms with E-state index >= 15 is 0 Å². The number of imidazole rings is 1. The van der Waals surface area contributed by atoms with Gasteiger partial charge in [-0.3, -0.25) is 9.48 Å². The first kappa shape index (κ1) is 39.2. The fraction of sp³-hybridized carbons (Fsp3) is 0.400. The lowest BCUT2D eigenvalue weighted by Crippen LogP contribution is -2.21. The molecule has 4 heterocycles. The van der Waals surface area contributed by atoms with Crippen LogP contribution in [0.15, 0.2) is 78.7 Å². The van der Waals surface area contributed by atoms with Gasteiger partial charge in [0.25, 0.3) is 5.91 Å². The molecule has 0 aliphatic heterocycles. The summed E-state index contributed by atoms with van der Waals surface area (Å²) in [6.07, 6.45) is 20.6. The lowest BCUT2D eigenvalue weighted by atomic mass is 9.77. The van der Waals surface area contributed by atoms with E-state index in [1.54, 1.807) is 30.8 Å². The number of aromatic nitrogens is 7. The Balaban J connectivity index is 0.00000253. The van der Waals surface area contributed by atoms with Crippen LogP contribution >= 0.6 is 0 Å². The molecule has 0 bridgehead atoms. The average Bonchev–Trinajstić information content (AvgIpc) is 3.69. The molecule has 0 N–H and O–H groups in total. The number of benzene rings is 1. The summed E-state index contributed by atoms with van der Waals surface area (Å²) in [6, 6.07) is 9.65. The second-order valence-electron chi connectivity index (χ2n) is 14.9. The molecule has 1 aromatic carbocycles. The van der Waals surface area contributed by atoms with Gasteiger partial charge in [-0.15, -0.1) is 5.10 Å². The van der Waals surface area contributed by atoms with E-state index in [0.29, 0.717) is 23.3 Å². The number of methoxy groups -OCH3 is 1. The summed E-state index contributed by atoms with van der Waals surface area (Å²) in [5.41, 5.74) is 9.94. The topological polar surface area (TPSA) is 95.9 Å². The smallest absolute Gasteiger partial charge is 0.253 e. The number of hydrogen-bond donors (Lipinski definition) is 0. The summed E-state index contributed by atoms with van der Waals surface area (Å²) >= 11 is 0. The van der Waals surface area contributed by atoms with Crippen LogP contribution in [0.1, 0.15) is 106 Å². The van der Waals surface area contributed by atoms with E-state index in [4.69, 9.17) is 19.8 Å². The zero-order chi connectivity index (χ0) is 39.6. The van der Waals surface area contributed by atoms with Crippen molar-refractivity contribution < 1.29 is 9.53 Å². The van der Waals surface area contributed by atoms with E-state index < -0.39 is 0 Å². The normalized spacial score (nSPS) is 16.8. The summed E-state index contributed by atoms with van der Waals surface area (Å²) < 4.78 is 11.6. The van der Waals surface area contributed by atoms with Crippen LogP contribution < -0.4 is 4.74 Å². The second kappa shape index (κ2) is 16.5. The summed E-state index contributed by atoms with van der Waals surface area (Å²) in [6.45, 7) is 13.0. The minimum Gasteiger partial charge on any atom is -0.480 e. The summed E-state index contributed by atoms with van der Waals surface area (Å²) in [4.78, 5) is 24.5. The van der Waals surface area contributed by atoms with Gasteiger partial charge in [-0.05, 0) is 66.7 Å². The van der Waals surface area contributed by atoms with Gasteiger partial charge >= 0.3 is 0 Å². The van der Waals surface area contributed by atoms with E-state index in [-0.39, 0.29) is 17.7 Å². The van der Waals surface area contributed by atoms with Crippen molar-refractivity contribution in [1.82, 2.24) is 39.0 Å². The molecular formula is C45H56N8O2. The molecule has 55 heavy (non-hydrogen) atoms. The number of aryl methyl sites for hydroxylation is 1. The van der Waals surface area contributed by atoms with Crippen LogP contribution in [0, 0.1) is 11.8 Å². The minimum atomic E-state index is -0.0392. The van der Waals surface area contributed by atoms with Crippen LogP contribution in [0.5, 0.6) is 5.88 Å². The van der Waals surface area contributed by atoms with Crippen LogP contribution in [0.2, 0.25) is 0 Å². The van der Waals surface area contributed by atoms with Gasteiger partial charge in [-0.25, -0.2) is 14.6 Å². The quantitative estimate of drug-likeness (QED) is 0.134. The predicted molar refractivity (Wildman–Crippen MR) is 223 cm³/mol. The molecule has 10 heteroatoms. The molecule has 0 spiro atoms. The van der Waals surface area contributed by atoms with Gasteiger partial charge in [-0.1, -0.05) is 78.3 Å². The first-order valence-corrected chi connectivity index (χ1v) is 19.6. The highest BCUT2D eigenvalue weighted by Crippen LogP contribution is 2.48. The number of carbonyl (C=O) groups is 1. The van der Waals surface area contributed by atoms with E-state index in [1.165, 1.54) is 16.8 Å². The monoisotopic (exact) mass is 740 g/mol.